The summed E-state index contributed by atoms with van der Waals surface area (Å²) in [6, 6.07) is 0. The largest absolute Gasteiger partial charge is 0.402 e. The molecule has 0 saturated heterocycles. The number of aliphatic hydroxyl groups excluding tert-OH is 1. The number of aliphatic imine (C=N–C) groups is 1. The Kier molecular flexibility index (Phi) is 7.49. The summed E-state index contributed by atoms with van der Waals surface area (Å²) in [5, 5.41) is 20.5. The van der Waals surface area contributed by atoms with Gasteiger partial charge >= 0.3 is 0 Å². The predicted molar refractivity (Wildman–Crippen MR) is 75.7 cm³/mol. The molecule has 0 bridgehead atoms. The summed E-state index contributed by atoms with van der Waals surface area (Å²) in [6.45, 7) is 4.19. The second kappa shape index (κ2) is 8.03. The first-order valence-electron chi connectivity index (χ1n) is 5.21. The van der Waals surface area contributed by atoms with Crippen LogP contribution in [0.25, 0.3) is 0 Å². The Morgan fingerprint density at radius 1 is 1.65 bits per heavy atom. The summed E-state index contributed by atoms with van der Waals surface area (Å²) >= 11 is 3.04. The second-order valence-electron chi connectivity index (χ2n) is 3.37. The van der Waals surface area contributed by atoms with Crippen LogP contribution in [0.15, 0.2) is 28.0 Å². The number of allylic oxidation sites excluding steroid dienone is 1. The molecule has 17 heavy (non-hydrogen) atoms. The van der Waals surface area contributed by atoms with E-state index in [-0.39, 0.29) is 4.62 Å². The van der Waals surface area contributed by atoms with Gasteiger partial charge in [0, 0.05) is 42.9 Å². The monoisotopic (exact) mass is 302 g/mol. The summed E-state index contributed by atoms with van der Waals surface area (Å²) in [6.07, 6.45) is 2.11. The zero-order valence-electron chi connectivity index (χ0n) is 10.3. The summed E-state index contributed by atoms with van der Waals surface area (Å²) in [7, 11) is 1.70. The van der Waals surface area contributed by atoms with Gasteiger partial charge in [0.1, 0.15) is 10.7 Å². The first-order chi connectivity index (χ1) is 7.95. The molecule has 0 aliphatic heterocycles. The number of nitrogens with zero attached hydrogens (tertiary/aromatic N) is 1. The van der Waals surface area contributed by atoms with Crippen LogP contribution >= 0.6 is 15.9 Å². The van der Waals surface area contributed by atoms with Gasteiger partial charge < -0.3 is 16.2 Å². The summed E-state index contributed by atoms with van der Waals surface area (Å²) in [5.41, 5.74) is 7.08. The van der Waals surface area contributed by atoms with Crippen LogP contribution < -0.4 is 11.1 Å². The van der Waals surface area contributed by atoms with E-state index in [9.17, 15) is 5.11 Å². The number of hydrogen-bond acceptors (Lipinski definition) is 5. The Morgan fingerprint density at radius 2 is 2.24 bits per heavy atom. The lowest BCUT2D eigenvalue weighted by Crippen LogP contribution is -2.23. The molecule has 1 unspecified atom stereocenters. The van der Waals surface area contributed by atoms with E-state index in [2.05, 4.69) is 26.2 Å². The minimum Gasteiger partial charge on any atom is -0.402 e. The minimum atomic E-state index is -0.977. The fourth-order valence-corrected chi connectivity index (χ4v) is 1.49. The molecule has 5 N–H and O–H groups in total. The van der Waals surface area contributed by atoms with Crippen molar-refractivity contribution < 1.29 is 5.11 Å². The Bertz CT molecular complexity index is 356. The van der Waals surface area contributed by atoms with E-state index in [4.69, 9.17) is 11.1 Å². The van der Waals surface area contributed by atoms with Crippen molar-refractivity contribution in [3.05, 3.63) is 23.0 Å². The number of nitrogens with one attached hydrogen (secondary N) is 2. The lowest BCUT2D eigenvalue weighted by atomic mass is 10.0. The fourth-order valence-electron chi connectivity index (χ4n) is 1.16. The molecular weight excluding hydrogens is 284 g/mol. The van der Waals surface area contributed by atoms with E-state index in [1.807, 2.05) is 6.92 Å². The van der Waals surface area contributed by atoms with Gasteiger partial charge in [0.2, 0.25) is 0 Å². The van der Waals surface area contributed by atoms with Crippen molar-refractivity contribution in [3.8, 4) is 0 Å². The van der Waals surface area contributed by atoms with Crippen molar-refractivity contribution in [1.82, 2.24) is 5.32 Å². The van der Waals surface area contributed by atoms with Gasteiger partial charge in [-0.05, 0) is 29.8 Å². The predicted octanol–water partition coefficient (Wildman–Crippen LogP) is 1.15. The quantitative estimate of drug-likeness (QED) is 0.554. The summed E-state index contributed by atoms with van der Waals surface area (Å²) < 4.78 is 0.1000. The van der Waals surface area contributed by atoms with E-state index >= 15 is 0 Å². The van der Waals surface area contributed by atoms with Gasteiger partial charge in [-0.15, -0.1) is 0 Å². The Morgan fingerprint density at radius 3 is 2.59 bits per heavy atom. The molecule has 5 nitrogen and oxygen atoms in total. The molecule has 0 amide bonds. The summed E-state index contributed by atoms with van der Waals surface area (Å²) in [4.78, 5) is 4.06. The standard InChI is InChI=1S/C11H19BrN4O/c1-4-16-6-8(7(2)13)10(17)9(5-15-3)11(12)14/h5-6,10,14-15,17H,4,13H2,1-3H3/b8-7?,9-5-,14-11?,16-6?. The Balaban J connectivity index is 5.28. The highest BCUT2D eigenvalue weighted by molar-refractivity contribution is 9.18. The third kappa shape index (κ3) is 5.14. The molecule has 0 heterocycles. The molecule has 1 atom stereocenters. The molecule has 0 aromatic rings. The molecule has 0 rings (SSSR count). The first kappa shape index (κ1) is 15.9. The highest BCUT2D eigenvalue weighted by Crippen LogP contribution is 2.16. The highest BCUT2D eigenvalue weighted by atomic mass is 79.9. The zero-order chi connectivity index (χ0) is 13.4. The molecule has 0 spiro atoms. The molecule has 0 saturated carbocycles. The highest BCUT2D eigenvalue weighted by Gasteiger charge is 2.18. The van der Waals surface area contributed by atoms with Gasteiger partial charge in [-0.2, -0.15) is 0 Å². The van der Waals surface area contributed by atoms with E-state index in [0.29, 0.717) is 23.4 Å². The van der Waals surface area contributed by atoms with Crippen LogP contribution in [0.1, 0.15) is 13.8 Å². The van der Waals surface area contributed by atoms with E-state index < -0.39 is 6.10 Å². The Labute approximate surface area is 110 Å². The van der Waals surface area contributed by atoms with Gasteiger partial charge in [-0.25, -0.2) is 0 Å². The average Bonchev–Trinajstić information content (AvgIpc) is 2.25. The fraction of sp³-hybridized carbons (Fsp3) is 0.455. The van der Waals surface area contributed by atoms with Gasteiger partial charge in [-0.3, -0.25) is 10.4 Å². The molecular formula is C11H19BrN4O. The van der Waals surface area contributed by atoms with Crippen LogP contribution in [0.4, 0.5) is 0 Å². The third-order valence-electron chi connectivity index (χ3n) is 2.01. The normalized spacial score (nSPS) is 15.7. The topological polar surface area (TPSA) is 94.5 Å². The van der Waals surface area contributed by atoms with Crippen molar-refractivity contribution >= 4 is 26.8 Å². The van der Waals surface area contributed by atoms with Gasteiger partial charge in [0.15, 0.2) is 0 Å². The number of rotatable bonds is 6. The van der Waals surface area contributed by atoms with Crippen LogP contribution in [0, 0.1) is 5.41 Å². The minimum absolute atomic E-state index is 0.1000. The first-order valence-corrected chi connectivity index (χ1v) is 6.00. The van der Waals surface area contributed by atoms with Crippen LogP contribution in [-0.4, -0.2) is 35.6 Å². The van der Waals surface area contributed by atoms with Gasteiger partial charge in [0.05, 0.1) is 0 Å². The number of hydrogen-bond donors (Lipinski definition) is 4. The summed E-state index contributed by atoms with van der Waals surface area (Å²) in [5.74, 6) is 0. The van der Waals surface area contributed by atoms with Crippen molar-refractivity contribution in [1.29, 1.82) is 5.41 Å². The molecule has 96 valence electrons. The molecule has 0 fully saturated rings. The lowest BCUT2D eigenvalue weighted by molar-refractivity contribution is 0.258. The van der Waals surface area contributed by atoms with Crippen LogP contribution in [0.5, 0.6) is 0 Å². The van der Waals surface area contributed by atoms with Crippen molar-refractivity contribution in [2.24, 2.45) is 10.7 Å². The zero-order valence-corrected chi connectivity index (χ0v) is 11.9. The van der Waals surface area contributed by atoms with Crippen molar-refractivity contribution in [3.63, 3.8) is 0 Å². The SMILES string of the molecule is CCN=CC(=C(C)N)C(O)/C(=C/NC)C(=N)Br. The molecule has 0 radical (unpaired) electrons. The van der Waals surface area contributed by atoms with Crippen LogP contribution in [-0.2, 0) is 0 Å². The maximum absolute atomic E-state index is 10.2. The Hall–Kier alpha value is -1.14. The maximum atomic E-state index is 10.2. The lowest BCUT2D eigenvalue weighted by Gasteiger charge is -2.15. The number of nitrogens with two attached hydrogens (primary N) is 1. The van der Waals surface area contributed by atoms with E-state index in [1.54, 1.807) is 26.4 Å². The van der Waals surface area contributed by atoms with Gasteiger partial charge in [0.25, 0.3) is 0 Å². The molecule has 0 aromatic heterocycles. The molecule has 0 aliphatic rings. The van der Waals surface area contributed by atoms with E-state index in [0.717, 1.165) is 0 Å². The number of halogens is 1. The van der Waals surface area contributed by atoms with Crippen LogP contribution in [0.3, 0.4) is 0 Å². The molecule has 0 aliphatic carbocycles. The molecule has 0 aromatic carbocycles. The second-order valence-corrected chi connectivity index (χ2v) is 4.16. The number of aliphatic hydroxyl groups is 1. The molecule has 6 heteroatoms. The van der Waals surface area contributed by atoms with Crippen LogP contribution in [0.2, 0.25) is 0 Å². The van der Waals surface area contributed by atoms with Crippen molar-refractivity contribution in [2.45, 2.75) is 20.0 Å². The third-order valence-corrected chi connectivity index (χ3v) is 2.47. The maximum Gasteiger partial charge on any atom is 0.111 e. The smallest absolute Gasteiger partial charge is 0.111 e. The van der Waals surface area contributed by atoms with Crippen molar-refractivity contribution in [2.75, 3.05) is 13.6 Å². The van der Waals surface area contributed by atoms with Gasteiger partial charge in [-0.1, -0.05) is 0 Å². The average molecular weight is 303 g/mol. The van der Waals surface area contributed by atoms with E-state index in [1.165, 1.54) is 0 Å².